The summed E-state index contributed by atoms with van der Waals surface area (Å²) in [6, 6.07) is 13.6. The third kappa shape index (κ3) is 5.76. The van der Waals surface area contributed by atoms with Crippen molar-refractivity contribution in [3.8, 4) is 5.75 Å². The molecule has 0 saturated heterocycles. The van der Waals surface area contributed by atoms with E-state index in [9.17, 15) is 9.18 Å². The lowest BCUT2D eigenvalue weighted by molar-refractivity contribution is 0.232. The minimum Gasteiger partial charge on any atom is -0.497 e. The lowest BCUT2D eigenvalue weighted by Gasteiger charge is -2.25. The molecule has 0 aliphatic heterocycles. The molecule has 0 fully saturated rings. The van der Waals surface area contributed by atoms with Crippen molar-refractivity contribution in [3.05, 3.63) is 65.5 Å². The van der Waals surface area contributed by atoms with Crippen LogP contribution in [0.1, 0.15) is 17.2 Å². The van der Waals surface area contributed by atoms with Gasteiger partial charge in [0.15, 0.2) is 0 Å². The number of amides is 2. The van der Waals surface area contributed by atoms with Crippen LogP contribution >= 0.6 is 0 Å². The molecule has 0 spiro atoms. The Morgan fingerprint density at radius 2 is 1.88 bits per heavy atom. The highest BCUT2D eigenvalue weighted by atomic mass is 19.1. The molecule has 1 atom stereocenters. The molecule has 0 radical (unpaired) electrons. The highest BCUT2D eigenvalue weighted by molar-refractivity contribution is 5.73. The van der Waals surface area contributed by atoms with Crippen LogP contribution in [0.5, 0.6) is 5.75 Å². The average molecular weight is 345 g/mol. The van der Waals surface area contributed by atoms with Crippen LogP contribution in [0.15, 0.2) is 48.5 Å². The van der Waals surface area contributed by atoms with Gasteiger partial charge in [-0.05, 0) is 49.5 Å². The number of carbonyl (C=O) groups is 1. The number of halogens is 1. The van der Waals surface area contributed by atoms with Crippen LogP contribution < -0.4 is 15.4 Å². The van der Waals surface area contributed by atoms with Gasteiger partial charge < -0.3 is 20.3 Å². The Bertz CT molecular complexity index is 689. The zero-order valence-corrected chi connectivity index (χ0v) is 14.8. The van der Waals surface area contributed by atoms with Gasteiger partial charge in [-0.3, -0.25) is 0 Å². The fourth-order valence-electron chi connectivity index (χ4n) is 2.48. The molecule has 2 rings (SSSR count). The molecular weight excluding hydrogens is 321 g/mol. The minimum absolute atomic E-state index is 0.0201. The number of hydrogen-bond donors (Lipinski definition) is 2. The van der Waals surface area contributed by atoms with Crippen LogP contribution in [0.3, 0.4) is 0 Å². The maximum atomic E-state index is 12.9. The fraction of sp³-hybridized carbons (Fsp3) is 0.316. The van der Waals surface area contributed by atoms with Gasteiger partial charge in [-0.25, -0.2) is 9.18 Å². The lowest BCUT2D eigenvalue weighted by atomic mass is 10.1. The second-order valence-corrected chi connectivity index (χ2v) is 5.95. The van der Waals surface area contributed by atoms with Crippen LogP contribution in [-0.2, 0) is 6.54 Å². The first-order chi connectivity index (χ1) is 12.0. The number of benzene rings is 2. The van der Waals surface area contributed by atoms with Crippen molar-refractivity contribution < 1.29 is 13.9 Å². The molecule has 25 heavy (non-hydrogen) atoms. The van der Waals surface area contributed by atoms with E-state index < -0.39 is 0 Å². The minimum atomic E-state index is -0.291. The molecule has 0 bridgehead atoms. The molecule has 0 saturated carbocycles. The first-order valence-corrected chi connectivity index (χ1v) is 8.06. The van der Waals surface area contributed by atoms with Crippen molar-refractivity contribution >= 4 is 6.03 Å². The van der Waals surface area contributed by atoms with Crippen molar-refractivity contribution in [2.75, 3.05) is 27.7 Å². The van der Waals surface area contributed by atoms with Gasteiger partial charge in [-0.2, -0.15) is 0 Å². The van der Waals surface area contributed by atoms with Gasteiger partial charge in [-0.1, -0.05) is 24.3 Å². The summed E-state index contributed by atoms with van der Waals surface area (Å²) in [5, 5.41) is 5.65. The number of carbonyl (C=O) groups excluding carboxylic acids is 1. The number of urea groups is 1. The maximum absolute atomic E-state index is 12.9. The Morgan fingerprint density at radius 1 is 1.16 bits per heavy atom. The van der Waals surface area contributed by atoms with E-state index in [1.165, 1.54) is 12.1 Å². The zero-order valence-electron chi connectivity index (χ0n) is 14.8. The van der Waals surface area contributed by atoms with Crippen LogP contribution in [0.2, 0.25) is 0 Å². The van der Waals surface area contributed by atoms with E-state index in [0.29, 0.717) is 13.1 Å². The van der Waals surface area contributed by atoms with Gasteiger partial charge in [0, 0.05) is 13.1 Å². The summed E-state index contributed by atoms with van der Waals surface area (Å²) in [6.45, 7) is 0.799. The van der Waals surface area contributed by atoms with Gasteiger partial charge in [0.25, 0.3) is 0 Å². The van der Waals surface area contributed by atoms with Crippen LogP contribution in [-0.4, -0.2) is 38.7 Å². The Balaban J connectivity index is 1.89. The van der Waals surface area contributed by atoms with E-state index in [-0.39, 0.29) is 17.9 Å². The predicted molar refractivity (Wildman–Crippen MR) is 96.1 cm³/mol. The average Bonchev–Trinajstić information content (AvgIpc) is 2.61. The SMILES string of the molecule is COc1cccc(C(CNC(=O)NCc2ccc(F)cc2)N(C)C)c1. The number of rotatable bonds is 7. The second kappa shape index (κ2) is 9.03. The van der Waals surface area contributed by atoms with Gasteiger partial charge in [0.05, 0.1) is 13.2 Å². The largest absolute Gasteiger partial charge is 0.497 e. The molecule has 0 aliphatic carbocycles. The van der Waals surface area contributed by atoms with Crippen molar-refractivity contribution in [2.24, 2.45) is 0 Å². The quantitative estimate of drug-likeness (QED) is 0.811. The fourth-order valence-corrected chi connectivity index (χ4v) is 2.48. The Kier molecular flexibility index (Phi) is 6.77. The van der Waals surface area contributed by atoms with E-state index in [2.05, 4.69) is 10.6 Å². The summed E-state index contributed by atoms with van der Waals surface area (Å²) in [5.74, 6) is 0.491. The van der Waals surface area contributed by atoms with Crippen molar-refractivity contribution in [1.29, 1.82) is 0 Å². The third-order valence-corrected chi connectivity index (χ3v) is 3.92. The Hall–Kier alpha value is -2.60. The van der Waals surface area contributed by atoms with Crippen molar-refractivity contribution in [1.82, 2.24) is 15.5 Å². The standard InChI is InChI=1S/C19H24FN3O2/c1-23(2)18(15-5-4-6-17(11-15)25-3)13-22-19(24)21-12-14-7-9-16(20)10-8-14/h4-11,18H,12-13H2,1-3H3,(H2,21,22,24). The number of ether oxygens (including phenoxy) is 1. The van der Waals surface area contributed by atoms with E-state index in [0.717, 1.165) is 16.9 Å². The molecule has 2 N–H and O–H groups in total. The number of likely N-dealkylation sites (N-methyl/N-ethyl adjacent to an activating group) is 1. The normalized spacial score (nSPS) is 11.9. The smallest absolute Gasteiger partial charge is 0.315 e. The second-order valence-electron chi connectivity index (χ2n) is 5.95. The maximum Gasteiger partial charge on any atom is 0.315 e. The number of nitrogens with one attached hydrogen (secondary N) is 2. The Labute approximate surface area is 147 Å². The van der Waals surface area contributed by atoms with E-state index in [4.69, 9.17) is 4.74 Å². The summed E-state index contributed by atoms with van der Waals surface area (Å²) in [7, 11) is 5.55. The van der Waals surface area contributed by atoms with Gasteiger partial charge in [-0.15, -0.1) is 0 Å². The summed E-state index contributed by atoms with van der Waals surface area (Å²) >= 11 is 0. The van der Waals surface area contributed by atoms with E-state index in [1.807, 2.05) is 43.3 Å². The highest BCUT2D eigenvalue weighted by Crippen LogP contribution is 2.22. The van der Waals surface area contributed by atoms with Crippen LogP contribution in [0.25, 0.3) is 0 Å². The predicted octanol–water partition coefficient (Wildman–Crippen LogP) is 2.94. The number of methoxy groups -OCH3 is 1. The molecule has 2 aromatic carbocycles. The summed E-state index contributed by atoms with van der Waals surface area (Å²) in [4.78, 5) is 14.1. The lowest BCUT2D eigenvalue weighted by Crippen LogP contribution is -2.40. The van der Waals surface area contributed by atoms with E-state index in [1.54, 1.807) is 19.2 Å². The Morgan fingerprint density at radius 3 is 2.52 bits per heavy atom. The molecule has 2 amide bonds. The topological polar surface area (TPSA) is 53.6 Å². The van der Waals surface area contributed by atoms with Crippen LogP contribution in [0.4, 0.5) is 9.18 Å². The molecule has 1 unspecified atom stereocenters. The molecular formula is C19H24FN3O2. The van der Waals surface area contributed by atoms with E-state index >= 15 is 0 Å². The van der Waals surface area contributed by atoms with Crippen LogP contribution in [0, 0.1) is 5.82 Å². The molecule has 0 heterocycles. The molecule has 134 valence electrons. The van der Waals surface area contributed by atoms with Crippen molar-refractivity contribution in [2.45, 2.75) is 12.6 Å². The number of nitrogens with zero attached hydrogens (tertiary/aromatic N) is 1. The van der Waals surface area contributed by atoms with Crippen molar-refractivity contribution in [3.63, 3.8) is 0 Å². The molecule has 5 nitrogen and oxygen atoms in total. The molecule has 0 aromatic heterocycles. The third-order valence-electron chi connectivity index (χ3n) is 3.92. The number of hydrogen-bond acceptors (Lipinski definition) is 3. The molecule has 0 aliphatic rings. The molecule has 6 heteroatoms. The summed E-state index contributed by atoms with van der Waals surface area (Å²) in [5.41, 5.74) is 1.90. The molecule has 2 aromatic rings. The summed E-state index contributed by atoms with van der Waals surface area (Å²) < 4.78 is 18.1. The van der Waals surface area contributed by atoms with Gasteiger partial charge >= 0.3 is 6.03 Å². The monoisotopic (exact) mass is 345 g/mol. The first kappa shape index (κ1) is 18.7. The zero-order chi connectivity index (χ0) is 18.2. The van der Waals surface area contributed by atoms with Gasteiger partial charge in [0.2, 0.25) is 0 Å². The highest BCUT2D eigenvalue weighted by Gasteiger charge is 2.15. The van der Waals surface area contributed by atoms with Gasteiger partial charge in [0.1, 0.15) is 11.6 Å². The summed E-state index contributed by atoms with van der Waals surface area (Å²) in [6.07, 6.45) is 0. The first-order valence-electron chi connectivity index (χ1n) is 8.06.